The Morgan fingerprint density at radius 2 is 2.03 bits per heavy atom. The van der Waals surface area contributed by atoms with Gasteiger partial charge in [0.2, 0.25) is 5.91 Å². The van der Waals surface area contributed by atoms with Crippen LogP contribution in [0, 0.1) is 17.6 Å². The molecule has 3 amide bonds. The number of alkyl halides is 2. The summed E-state index contributed by atoms with van der Waals surface area (Å²) in [6.07, 6.45) is -0.419. The van der Waals surface area contributed by atoms with Crippen LogP contribution in [0.25, 0.3) is 0 Å². The van der Waals surface area contributed by atoms with Gasteiger partial charge in [0.1, 0.15) is 22.7 Å². The highest BCUT2D eigenvalue weighted by molar-refractivity contribution is 6.31. The van der Waals surface area contributed by atoms with E-state index < -0.39 is 53.4 Å². The number of nitrogens with zero attached hydrogens (tertiary/aromatic N) is 1. The third kappa shape index (κ3) is 4.58. The van der Waals surface area contributed by atoms with Gasteiger partial charge in [0, 0.05) is 18.7 Å². The van der Waals surface area contributed by atoms with E-state index in [1.54, 1.807) is 6.92 Å². The molecule has 29 heavy (non-hydrogen) atoms. The van der Waals surface area contributed by atoms with Gasteiger partial charge < -0.3 is 20.3 Å². The maximum atomic E-state index is 14.6. The highest BCUT2D eigenvalue weighted by Gasteiger charge is 2.41. The summed E-state index contributed by atoms with van der Waals surface area (Å²) in [6.45, 7) is -0.862. The summed E-state index contributed by atoms with van der Waals surface area (Å²) < 4.78 is 57.4. The lowest BCUT2D eigenvalue weighted by atomic mass is 9.74. The summed E-state index contributed by atoms with van der Waals surface area (Å²) in [6, 6.07) is -0.161. The fourth-order valence-electron chi connectivity index (χ4n) is 3.64. The van der Waals surface area contributed by atoms with Gasteiger partial charge in [-0.1, -0.05) is 17.7 Å². The lowest BCUT2D eigenvalue weighted by Gasteiger charge is -2.42. The van der Waals surface area contributed by atoms with Crippen LogP contribution >= 0.6 is 11.6 Å². The highest BCUT2D eigenvalue weighted by atomic mass is 35.5. The van der Waals surface area contributed by atoms with Crippen molar-refractivity contribution in [2.75, 3.05) is 13.1 Å². The number of hydrogen-bond donors (Lipinski definition) is 2. The van der Waals surface area contributed by atoms with E-state index in [4.69, 9.17) is 11.6 Å². The van der Waals surface area contributed by atoms with E-state index in [0.717, 1.165) is 12.1 Å². The molecule has 0 spiro atoms. The first-order valence-electron chi connectivity index (χ1n) is 9.11. The van der Waals surface area contributed by atoms with Gasteiger partial charge in [-0.2, -0.15) is 8.78 Å². The number of urea groups is 1. The number of piperazine rings is 1. The third-order valence-corrected chi connectivity index (χ3v) is 5.68. The highest BCUT2D eigenvalue weighted by Crippen LogP contribution is 2.42. The molecule has 1 aliphatic carbocycles. The smallest absolute Gasteiger partial charge is 0.345 e. The molecule has 1 aromatic rings. The second-order valence-electron chi connectivity index (χ2n) is 7.10. The van der Waals surface area contributed by atoms with Crippen molar-refractivity contribution in [3.63, 3.8) is 0 Å². The van der Waals surface area contributed by atoms with E-state index >= 15 is 0 Å². The molecule has 1 heterocycles. The Morgan fingerprint density at radius 1 is 1.34 bits per heavy atom. The van der Waals surface area contributed by atoms with Gasteiger partial charge in [-0.25, -0.2) is 13.6 Å². The quantitative estimate of drug-likeness (QED) is 0.549. The number of ether oxygens (including phenoxy) is 1. The van der Waals surface area contributed by atoms with Crippen LogP contribution in [-0.4, -0.2) is 48.7 Å². The number of rotatable bonds is 5. The van der Waals surface area contributed by atoms with Crippen LogP contribution in [0.4, 0.5) is 22.4 Å². The Bertz CT molecular complexity index is 792. The van der Waals surface area contributed by atoms with Crippen LogP contribution in [0.15, 0.2) is 12.1 Å². The van der Waals surface area contributed by atoms with Crippen molar-refractivity contribution in [1.82, 2.24) is 15.5 Å². The molecule has 3 rings (SSSR count). The van der Waals surface area contributed by atoms with Gasteiger partial charge in [-0.05, 0) is 31.7 Å². The predicted octanol–water partition coefficient (Wildman–Crippen LogP) is 3.21. The molecule has 1 saturated carbocycles. The molecule has 0 aromatic heterocycles. The van der Waals surface area contributed by atoms with E-state index in [9.17, 15) is 27.2 Å². The average Bonchev–Trinajstić information content (AvgIpc) is 2.63. The number of nitrogens with one attached hydrogen (secondary N) is 2. The van der Waals surface area contributed by atoms with Crippen LogP contribution in [0.5, 0.6) is 0 Å². The molecule has 2 atom stereocenters. The number of carbonyl (C=O) groups excluding carboxylic acids is 2. The molecular formula is C18H20ClF4N3O3. The second kappa shape index (κ2) is 8.74. The van der Waals surface area contributed by atoms with E-state index in [2.05, 4.69) is 15.4 Å². The first-order chi connectivity index (χ1) is 13.7. The maximum absolute atomic E-state index is 14.6. The van der Waals surface area contributed by atoms with Gasteiger partial charge >= 0.3 is 12.6 Å². The monoisotopic (exact) mass is 437 g/mol. The van der Waals surface area contributed by atoms with Crippen molar-refractivity contribution in [3.05, 3.63) is 34.4 Å². The number of hydrogen-bond acceptors (Lipinski definition) is 3. The van der Waals surface area contributed by atoms with Crippen molar-refractivity contribution >= 4 is 23.5 Å². The molecule has 2 aliphatic rings. The largest absolute Gasteiger partial charge is 0.353 e. The Morgan fingerprint density at radius 3 is 2.69 bits per heavy atom. The normalized spacial score (nSPS) is 25.4. The van der Waals surface area contributed by atoms with Crippen LogP contribution < -0.4 is 10.6 Å². The summed E-state index contributed by atoms with van der Waals surface area (Å²) in [5, 5.41) is 4.57. The Kier molecular flexibility index (Phi) is 6.52. The summed E-state index contributed by atoms with van der Waals surface area (Å²) in [5.74, 6) is -2.73. The molecule has 11 heteroatoms. The Hall–Kier alpha value is -2.07. The summed E-state index contributed by atoms with van der Waals surface area (Å²) >= 11 is 5.67. The van der Waals surface area contributed by atoms with Crippen LogP contribution in [-0.2, 0) is 9.53 Å². The summed E-state index contributed by atoms with van der Waals surface area (Å²) in [4.78, 5) is 25.9. The Balaban J connectivity index is 1.81. The minimum absolute atomic E-state index is 0.0561. The molecule has 1 saturated heterocycles. The number of amides is 3. The van der Waals surface area contributed by atoms with Crippen molar-refractivity contribution in [2.24, 2.45) is 5.92 Å². The Labute approximate surface area is 169 Å². The maximum Gasteiger partial charge on any atom is 0.345 e. The standard InChI is InChI=1S/C18H20ClF4N3O3/c1-8-16(27)24-4-5-26(8)18(28)25-15(9-6-10(7-9)29-17(22)23)11-2-3-12(20)13(19)14(11)21/h2-3,8-10,15,17H,4-7H2,1H3,(H,24,27)(H,25,28)/t8-,9-,10-,15-/m1/s1. The topological polar surface area (TPSA) is 70.7 Å². The first kappa shape index (κ1) is 21.6. The minimum Gasteiger partial charge on any atom is -0.353 e. The molecule has 6 nitrogen and oxygen atoms in total. The molecule has 2 fully saturated rings. The van der Waals surface area contributed by atoms with Crippen LogP contribution in [0.3, 0.4) is 0 Å². The number of carbonyl (C=O) groups is 2. The van der Waals surface area contributed by atoms with Gasteiger partial charge in [0.15, 0.2) is 0 Å². The van der Waals surface area contributed by atoms with Gasteiger partial charge in [0.05, 0.1) is 12.1 Å². The van der Waals surface area contributed by atoms with Crippen molar-refractivity contribution in [3.8, 4) is 0 Å². The number of benzene rings is 1. The summed E-state index contributed by atoms with van der Waals surface area (Å²) in [7, 11) is 0. The lowest BCUT2D eigenvalue weighted by Crippen LogP contribution is -2.59. The van der Waals surface area contributed by atoms with E-state index in [0.29, 0.717) is 0 Å². The molecule has 1 aliphatic heterocycles. The van der Waals surface area contributed by atoms with Crippen molar-refractivity contribution < 1.29 is 31.9 Å². The average molecular weight is 438 g/mol. The molecular weight excluding hydrogens is 418 g/mol. The van der Waals surface area contributed by atoms with Crippen molar-refractivity contribution in [1.29, 1.82) is 0 Å². The fraction of sp³-hybridized carbons (Fsp3) is 0.556. The molecule has 160 valence electrons. The lowest BCUT2D eigenvalue weighted by molar-refractivity contribution is -0.193. The second-order valence-corrected chi connectivity index (χ2v) is 7.48. The zero-order chi connectivity index (χ0) is 21.3. The van der Waals surface area contributed by atoms with Gasteiger partial charge in [0.25, 0.3) is 0 Å². The number of halogens is 5. The summed E-state index contributed by atoms with van der Waals surface area (Å²) in [5.41, 5.74) is -0.0561. The molecule has 0 bridgehead atoms. The zero-order valence-corrected chi connectivity index (χ0v) is 16.2. The predicted molar refractivity (Wildman–Crippen MR) is 95.4 cm³/mol. The van der Waals surface area contributed by atoms with E-state index in [-0.39, 0.29) is 37.4 Å². The van der Waals surface area contributed by atoms with Gasteiger partial charge in [-0.15, -0.1) is 0 Å². The first-order valence-corrected chi connectivity index (χ1v) is 9.48. The molecule has 1 aromatic carbocycles. The van der Waals surface area contributed by atoms with Crippen LogP contribution in [0.2, 0.25) is 5.02 Å². The van der Waals surface area contributed by atoms with E-state index in [1.807, 2.05) is 0 Å². The molecule has 2 N–H and O–H groups in total. The SMILES string of the molecule is C[C@@H]1C(=O)NCCN1C(=O)N[C@@H](c1ccc(F)c(Cl)c1F)[C@H]1C[C@H](OC(F)F)C1. The molecule has 0 unspecified atom stereocenters. The van der Waals surface area contributed by atoms with Crippen molar-refractivity contribution in [2.45, 2.75) is 44.6 Å². The minimum atomic E-state index is -2.93. The van der Waals surface area contributed by atoms with E-state index in [1.165, 1.54) is 4.90 Å². The third-order valence-electron chi connectivity index (χ3n) is 5.34. The van der Waals surface area contributed by atoms with Crippen LogP contribution in [0.1, 0.15) is 31.4 Å². The fourth-order valence-corrected chi connectivity index (χ4v) is 3.81. The zero-order valence-electron chi connectivity index (χ0n) is 15.4. The molecule has 0 radical (unpaired) electrons. The van der Waals surface area contributed by atoms with Gasteiger partial charge in [-0.3, -0.25) is 4.79 Å².